The summed E-state index contributed by atoms with van der Waals surface area (Å²) in [6.07, 6.45) is -3.40. The van der Waals surface area contributed by atoms with Gasteiger partial charge >= 0.3 is 6.18 Å². The first-order valence-corrected chi connectivity index (χ1v) is 8.48. The Labute approximate surface area is 166 Å². The molecule has 30 heavy (non-hydrogen) atoms. The molecule has 0 aliphatic carbocycles. The fourth-order valence-electron chi connectivity index (χ4n) is 3.21. The molecule has 0 saturated heterocycles. The van der Waals surface area contributed by atoms with Crippen molar-refractivity contribution in [1.82, 2.24) is 5.01 Å². The number of rotatable bonds is 3. The van der Waals surface area contributed by atoms with Crippen molar-refractivity contribution in [3.8, 4) is 0 Å². The largest absolute Gasteiger partial charge is 0.416 e. The predicted octanol–water partition coefficient (Wildman–Crippen LogP) is 4.40. The molecule has 0 saturated carbocycles. The van der Waals surface area contributed by atoms with Gasteiger partial charge < -0.3 is 0 Å². The zero-order chi connectivity index (χ0) is 21.6. The van der Waals surface area contributed by atoms with E-state index in [0.29, 0.717) is 5.01 Å². The van der Waals surface area contributed by atoms with Crippen LogP contribution in [0.1, 0.15) is 31.8 Å². The van der Waals surface area contributed by atoms with Crippen LogP contribution in [-0.2, 0) is 6.18 Å². The van der Waals surface area contributed by atoms with E-state index >= 15 is 0 Å². The molecule has 4 rings (SSSR count). The van der Waals surface area contributed by atoms with Crippen molar-refractivity contribution in [3.63, 3.8) is 0 Å². The zero-order valence-corrected chi connectivity index (χ0v) is 14.9. The second-order valence-corrected chi connectivity index (χ2v) is 6.40. The van der Waals surface area contributed by atoms with E-state index in [1.165, 1.54) is 30.3 Å². The van der Waals surface area contributed by atoms with Crippen LogP contribution in [0.15, 0.2) is 59.7 Å². The quantitative estimate of drug-likeness (QED) is 0.275. The standard InChI is InChI=1S/C20H10F3N3O4/c21-20(22,23)12-6-4-11(5-7-12)10-24-25-18(27)14-3-1-2-13-16(26(29)30)9-8-15(17(13)14)19(25)28/h1-10H. The number of nitro benzene ring substituents is 1. The molecule has 1 heterocycles. The maximum absolute atomic E-state index is 12.8. The highest BCUT2D eigenvalue weighted by Gasteiger charge is 2.35. The van der Waals surface area contributed by atoms with E-state index in [1.807, 2.05) is 0 Å². The number of benzene rings is 3. The van der Waals surface area contributed by atoms with E-state index in [4.69, 9.17) is 0 Å². The second kappa shape index (κ2) is 6.76. The van der Waals surface area contributed by atoms with Crippen molar-refractivity contribution in [2.75, 3.05) is 0 Å². The second-order valence-electron chi connectivity index (χ2n) is 6.40. The van der Waals surface area contributed by atoms with Crippen molar-refractivity contribution in [1.29, 1.82) is 0 Å². The molecule has 0 spiro atoms. The van der Waals surface area contributed by atoms with Crippen molar-refractivity contribution < 1.29 is 27.7 Å². The monoisotopic (exact) mass is 413 g/mol. The SMILES string of the molecule is O=C1c2cccc3c([N+](=O)[O-])ccc(c23)C(=O)N1N=Cc1ccc(C(F)(F)F)cc1. The van der Waals surface area contributed by atoms with E-state index in [0.717, 1.165) is 30.5 Å². The molecule has 0 N–H and O–H groups in total. The van der Waals surface area contributed by atoms with Gasteiger partial charge in [-0.05, 0) is 35.9 Å². The van der Waals surface area contributed by atoms with Crippen LogP contribution in [0.4, 0.5) is 18.9 Å². The molecule has 7 nitrogen and oxygen atoms in total. The van der Waals surface area contributed by atoms with Gasteiger partial charge in [0.05, 0.1) is 33.2 Å². The Morgan fingerprint density at radius 3 is 2.17 bits per heavy atom. The highest BCUT2D eigenvalue weighted by atomic mass is 19.4. The summed E-state index contributed by atoms with van der Waals surface area (Å²) in [5.74, 6) is -1.58. The minimum atomic E-state index is -4.49. The number of non-ortho nitro benzene ring substituents is 1. The molecular formula is C20H10F3N3O4. The van der Waals surface area contributed by atoms with Crippen molar-refractivity contribution >= 4 is 34.5 Å². The first-order chi connectivity index (χ1) is 14.2. The lowest BCUT2D eigenvalue weighted by molar-refractivity contribution is -0.383. The lowest BCUT2D eigenvalue weighted by Gasteiger charge is -2.23. The first kappa shape index (κ1) is 19.2. The lowest BCUT2D eigenvalue weighted by Crippen LogP contribution is -2.36. The predicted molar refractivity (Wildman–Crippen MR) is 100 cm³/mol. The number of imide groups is 1. The van der Waals surface area contributed by atoms with Crippen LogP contribution in [0.2, 0.25) is 0 Å². The Hall–Kier alpha value is -4.08. The van der Waals surface area contributed by atoms with Crippen molar-refractivity contribution in [3.05, 3.63) is 87.0 Å². The summed E-state index contributed by atoms with van der Waals surface area (Å²) < 4.78 is 38.0. The van der Waals surface area contributed by atoms with Crippen molar-refractivity contribution in [2.45, 2.75) is 6.18 Å². The molecule has 3 aromatic carbocycles. The molecule has 0 radical (unpaired) electrons. The summed E-state index contributed by atoms with van der Waals surface area (Å²) in [5, 5.41) is 16.0. The average molecular weight is 413 g/mol. The minimum absolute atomic E-state index is 0.0652. The van der Waals surface area contributed by atoms with E-state index < -0.39 is 28.5 Å². The number of carbonyl (C=O) groups excluding carboxylic acids is 2. The van der Waals surface area contributed by atoms with Crippen LogP contribution in [0.5, 0.6) is 0 Å². The highest BCUT2D eigenvalue weighted by Crippen LogP contribution is 2.35. The molecule has 0 atom stereocenters. The molecule has 0 aromatic heterocycles. The van der Waals surface area contributed by atoms with Crippen LogP contribution < -0.4 is 0 Å². The number of nitrogens with zero attached hydrogens (tertiary/aromatic N) is 3. The number of halogens is 3. The topological polar surface area (TPSA) is 92.9 Å². The summed E-state index contributed by atoms with van der Waals surface area (Å²) in [4.78, 5) is 36.2. The Morgan fingerprint density at radius 1 is 0.933 bits per heavy atom. The van der Waals surface area contributed by atoms with Gasteiger partial charge in [0.2, 0.25) is 0 Å². The number of nitro groups is 1. The number of hydrazone groups is 1. The molecule has 10 heteroatoms. The van der Waals surface area contributed by atoms with Crippen LogP contribution in [0, 0.1) is 10.1 Å². The van der Waals surface area contributed by atoms with E-state index in [-0.39, 0.29) is 33.2 Å². The maximum Gasteiger partial charge on any atom is 0.416 e. The van der Waals surface area contributed by atoms with Gasteiger partial charge in [0.25, 0.3) is 17.5 Å². The van der Waals surface area contributed by atoms with E-state index in [1.54, 1.807) is 0 Å². The van der Waals surface area contributed by atoms with Gasteiger partial charge in [0.1, 0.15) is 0 Å². The summed E-state index contributed by atoms with van der Waals surface area (Å²) in [6.45, 7) is 0. The molecule has 1 aliphatic heterocycles. The van der Waals surface area contributed by atoms with Gasteiger partial charge in [-0.3, -0.25) is 19.7 Å². The molecule has 2 amide bonds. The summed E-state index contributed by atoms with van der Waals surface area (Å²) in [6, 6.07) is 10.8. The van der Waals surface area contributed by atoms with Gasteiger partial charge in [-0.2, -0.15) is 23.3 Å². The number of hydrogen-bond donors (Lipinski definition) is 0. The third kappa shape index (κ3) is 3.08. The van der Waals surface area contributed by atoms with E-state index in [9.17, 15) is 32.9 Å². The van der Waals surface area contributed by atoms with Gasteiger partial charge in [0.15, 0.2) is 0 Å². The third-order valence-corrected chi connectivity index (χ3v) is 4.62. The highest BCUT2D eigenvalue weighted by molar-refractivity contribution is 6.26. The van der Waals surface area contributed by atoms with E-state index in [2.05, 4.69) is 5.10 Å². The fraction of sp³-hybridized carbons (Fsp3) is 0.0500. The number of carbonyl (C=O) groups is 2. The minimum Gasteiger partial charge on any atom is -0.267 e. The van der Waals surface area contributed by atoms with Crippen molar-refractivity contribution in [2.24, 2.45) is 5.10 Å². The normalized spacial score (nSPS) is 14.0. The van der Waals surface area contributed by atoms with Gasteiger partial charge in [-0.1, -0.05) is 18.2 Å². The van der Waals surface area contributed by atoms with Crippen LogP contribution in [0.25, 0.3) is 10.8 Å². The molecular weight excluding hydrogens is 403 g/mol. The fourth-order valence-corrected chi connectivity index (χ4v) is 3.21. The molecule has 0 fully saturated rings. The first-order valence-electron chi connectivity index (χ1n) is 8.48. The third-order valence-electron chi connectivity index (χ3n) is 4.62. The van der Waals surface area contributed by atoms with Gasteiger partial charge in [-0.25, -0.2) is 0 Å². The molecule has 3 aromatic rings. The average Bonchev–Trinajstić information content (AvgIpc) is 2.71. The smallest absolute Gasteiger partial charge is 0.267 e. The lowest BCUT2D eigenvalue weighted by atomic mass is 9.94. The summed E-state index contributed by atoms with van der Waals surface area (Å²) in [7, 11) is 0. The number of hydrogen-bond acceptors (Lipinski definition) is 5. The molecule has 150 valence electrons. The Bertz CT molecular complexity index is 1230. The molecule has 0 unspecified atom stereocenters. The van der Waals surface area contributed by atoms with Gasteiger partial charge in [0, 0.05) is 11.5 Å². The van der Waals surface area contributed by atoms with Gasteiger partial charge in [-0.15, -0.1) is 0 Å². The Morgan fingerprint density at radius 2 is 1.57 bits per heavy atom. The maximum atomic E-state index is 12.8. The Kier molecular flexibility index (Phi) is 4.34. The summed E-state index contributed by atoms with van der Waals surface area (Å²) in [5.41, 5.74) is -0.702. The number of amides is 2. The van der Waals surface area contributed by atoms with Crippen LogP contribution >= 0.6 is 0 Å². The molecule has 1 aliphatic rings. The number of alkyl halides is 3. The zero-order valence-electron chi connectivity index (χ0n) is 14.9. The van der Waals surface area contributed by atoms with Crippen LogP contribution in [0.3, 0.4) is 0 Å². The molecule has 0 bridgehead atoms. The Balaban J connectivity index is 1.73. The van der Waals surface area contributed by atoms with Crippen LogP contribution in [-0.4, -0.2) is 28.0 Å². The summed E-state index contributed by atoms with van der Waals surface area (Å²) >= 11 is 0.